The minimum absolute atomic E-state index is 0.0708. The van der Waals surface area contributed by atoms with Crippen molar-refractivity contribution in [1.82, 2.24) is 0 Å². The number of rotatable bonds is 6. The normalized spacial score (nSPS) is 34.8. The fraction of sp³-hybridized carbons (Fsp3) is 1.00. The van der Waals surface area contributed by atoms with Crippen molar-refractivity contribution in [1.29, 1.82) is 0 Å². The van der Waals surface area contributed by atoms with Crippen molar-refractivity contribution in [3.05, 3.63) is 0 Å². The molecular formula is C17H34O7Si. The van der Waals surface area contributed by atoms with E-state index < -0.39 is 50.9 Å². The van der Waals surface area contributed by atoms with Gasteiger partial charge in [-0.3, -0.25) is 0 Å². The number of fused-ring (bicyclic) bond motifs is 1. The third-order valence-corrected chi connectivity index (χ3v) is 9.89. The Hall–Kier alpha value is -0.0631. The molecule has 148 valence electrons. The predicted octanol–water partition coefficient (Wildman–Crippen LogP) is 1.36. The van der Waals surface area contributed by atoms with Crippen molar-refractivity contribution in [3.8, 4) is 0 Å². The van der Waals surface area contributed by atoms with Crippen molar-refractivity contribution in [2.75, 3.05) is 6.61 Å². The zero-order valence-electron chi connectivity index (χ0n) is 16.4. The first-order chi connectivity index (χ1) is 11.3. The van der Waals surface area contributed by atoms with E-state index in [0.717, 1.165) is 0 Å². The lowest BCUT2D eigenvalue weighted by Gasteiger charge is -2.42. The van der Waals surface area contributed by atoms with Crippen LogP contribution in [0.25, 0.3) is 0 Å². The minimum atomic E-state index is -2.24. The van der Waals surface area contributed by atoms with E-state index in [1.807, 2.05) is 0 Å². The molecule has 0 aromatic heterocycles. The van der Waals surface area contributed by atoms with Gasteiger partial charge in [0.2, 0.25) is 0 Å². The molecule has 2 heterocycles. The molecule has 0 aliphatic carbocycles. The lowest BCUT2D eigenvalue weighted by Crippen LogP contribution is -2.54. The van der Waals surface area contributed by atoms with Gasteiger partial charge in [0, 0.05) is 6.61 Å². The number of aliphatic hydroxyl groups is 3. The van der Waals surface area contributed by atoms with Gasteiger partial charge in [-0.25, -0.2) is 0 Å². The lowest BCUT2D eigenvalue weighted by molar-refractivity contribution is -0.230. The molecule has 2 rings (SSSR count). The topological polar surface area (TPSA) is 97.6 Å². The van der Waals surface area contributed by atoms with Gasteiger partial charge in [0.05, 0.1) is 12.2 Å². The van der Waals surface area contributed by atoms with Gasteiger partial charge in [-0.1, -0.05) is 20.8 Å². The summed E-state index contributed by atoms with van der Waals surface area (Å²) in [4.78, 5) is 0. The predicted molar refractivity (Wildman–Crippen MR) is 94.5 cm³/mol. The van der Waals surface area contributed by atoms with Crippen molar-refractivity contribution in [2.24, 2.45) is 0 Å². The lowest BCUT2D eigenvalue weighted by atomic mass is 10.00. The van der Waals surface area contributed by atoms with Crippen LogP contribution in [0.5, 0.6) is 0 Å². The molecule has 0 aromatic rings. The van der Waals surface area contributed by atoms with Gasteiger partial charge in [-0.15, -0.1) is 0 Å². The largest absolute Gasteiger partial charge is 0.409 e. The van der Waals surface area contributed by atoms with Crippen LogP contribution in [0.3, 0.4) is 0 Å². The van der Waals surface area contributed by atoms with Crippen molar-refractivity contribution < 1.29 is 34.0 Å². The fourth-order valence-electron chi connectivity index (χ4n) is 2.97. The van der Waals surface area contributed by atoms with E-state index in [9.17, 15) is 15.3 Å². The van der Waals surface area contributed by atoms with E-state index in [0.29, 0.717) is 0 Å². The van der Waals surface area contributed by atoms with Crippen LogP contribution in [0.1, 0.15) is 41.0 Å². The molecule has 0 bridgehead atoms. The van der Waals surface area contributed by atoms with Crippen LogP contribution in [-0.4, -0.2) is 72.8 Å². The molecule has 6 atom stereocenters. The molecule has 25 heavy (non-hydrogen) atoms. The number of ether oxygens (including phenoxy) is 3. The summed E-state index contributed by atoms with van der Waals surface area (Å²) in [6.07, 6.45) is -4.63. The summed E-state index contributed by atoms with van der Waals surface area (Å²) in [5.74, 6) is -0.819. The first-order valence-electron chi connectivity index (χ1n) is 8.95. The molecule has 0 saturated carbocycles. The Morgan fingerprint density at radius 2 is 1.80 bits per heavy atom. The Kier molecular flexibility index (Phi) is 6.08. The van der Waals surface area contributed by atoms with Crippen LogP contribution >= 0.6 is 0 Å². The SMILES string of the molecule is CC1(C)O[C@H]2O[C@H]([C@@H](O[Si](C)(C)C(C)(C)C)[C@H](O)CCO)[C@H](O)[C@H]2O1. The maximum absolute atomic E-state index is 10.7. The van der Waals surface area contributed by atoms with Crippen LogP contribution in [0.4, 0.5) is 0 Å². The molecule has 8 heteroatoms. The van der Waals surface area contributed by atoms with Crippen LogP contribution in [0, 0.1) is 0 Å². The second-order valence-corrected chi connectivity index (χ2v) is 13.7. The first-order valence-corrected chi connectivity index (χ1v) is 11.9. The molecular weight excluding hydrogens is 344 g/mol. The fourth-order valence-corrected chi connectivity index (χ4v) is 4.29. The molecule has 2 saturated heterocycles. The van der Waals surface area contributed by atoms with E-state index in [4.69, 9.17) is 18.6 Å². The molecule has 0 aromatic carbocycles. The zero-order chi connectivity index (χ0) is 19.2. The molecule has 0 spiro atoms. The van der Waals surface area contributed by atoms with Gasteiger partial charge in [0.1, 0.15) is 18.3 Å². The molecule has 7 nitrogen and oxygen atoms in total. The highest BCUT2D eigenvalue weighted by Crippen LogP contribution is 2.42. The zero-order valence-corrected chi connectivity index (χ0v) is 17.4. The van der Waals surface area contributed by atoms with Crippen molar-refractivity contribution in [2.45, 2.75) is 102 Å². The van der Waals surface area contributed by atoms with Gasteiger partial charge >= 0.3 is 0 Å². The van der Waals surface area contributed by atoms with E-state index in [-0.39, 0.29) is 18.1 Å². The summed E-state index contributed by atoms with van der Waals surface area (Å²) in [6, 6.07) is 0. The van der Waals surface area contributed by atoms with Gasteiger partial charge in [-0.2, -0.15) is 0 Å². The monoisotopic (exact) mass is 378 g/mol. The molecule has 0 radical (unpaired) electrons. The van der Waals surface area contributed by atoms with Gasteiger partial charge in [0.15, 0.2) is 20.4 Å². The summed E-state index contributed by atoms with van der Waals surface area (Å²) >= 11 is 0. The Labute approximate surface area is 151 Å². The van der Waals surface area contributed by atoms with Gasteiger partial charge in [0.25, 0.3) is 0 Å². The molecule has 2 aliphatic rings. The van der Waals surface area contributed by atoms with Crippen LogP contribution in [0.15, 0.2) is 0 Å². The third-order valence-electron chi connectivity index (χ3n) is 5.42. The first kappa shape index (κ1) is 21.2. The summed E-state index contributed by atoms with van der Waals surface area (Å²) in [5.41, 5.74) is 0. The van der Waals surface area contributed by atoms with Gasteiger partial charge < -0.3 is 34.0 Å². The number of aliphatic hydroxyl groups excluding tert-OH is 3. The Balaban J connectivity index is 2.20. The van der Waals surface area contributed by atoms with Crippen molar-refractivity contribution in [3.63, 3.8) is 0 Å². The average molecular weight is 379 g/mol. The molecule has 3 N–H and O–H groups in total. The average Bonchev–Trinajstić information content (AvgIpc) is 2.89. The van der Waals surface area contributed by atoms with E-state index in [2.05, 4.69) is 33.9 Å². The summed E-state index contributed by atoms with van der Waals surface area (Å²) < 4.78 is 23.7. The highest BCUT2D eigenvalue weighted by Gasteiger charge is 2.58. The summed E-state index contributed by atoms with van der Waals surface area (Å²) in [5, 5.41) is 30.4. The Morgan fingerprint density at radius 1 is 1.20 bits per heavy atom. The van der Waals surface area contributed by atoms with E-state index in [1.165, 1.54) is 0 Å². The second kappa shape index (κ2) is 7.16. The quantitative estimate of drug-likeness (QED) is 0.600. The molecule has 0 amide bonds. The molecule has 0 unspecified atom stereocenters. The van der Waals surface area contributed by atoms with E-state index >= 15 is 0 Å². The Morgan fingerprint density at radius 3 is 2.28 bits per heavy atom. The maximum atomic E-state index is 10.7. The molecule has 2 aliphatic heterocycles. The molecule has 2 fully saturated rings. The number of hydrogen-bond donors (Lipinski definition) is 3. The highest BCUT2D eigenvalue weighted by molar-refractivity contribution is 6.74. The van der Waals surface area contributed by atoms with Gasteiger partial charge in [-0.05, 0) is 38.4 Å². The smallest absolute Gasteiger partial charge is 0.192 e. The Bertz CT molecular complexity index is 462. The van der Waals surface area contributed by atoms with Crippen molar-refractivity contribution >= 4 is 8.32 Å². The second-order valence-electron chi connectivity index (χ2n) is 8.98. The third kappa shape index (κ3) is 4.44. The summed E-state index contributed by atoms with van der Waals surface area (Å²) in [7, 11) is -2.24. The van der Waals surface area contributed by atoms with Crippen LogP contribution in [-0.2, 0) is 18.6 Å². The number of hydrogen-bond acceptors (Lipinski definition) is 7. The maximum Gasteiger partial charge on any atom is 0.192 e. The van der Waals surface area contributed by atoms with Crippen LogP contribution in [0.2, 0.25) is 18.1 Å². The summed E-state index contributed by atoms with van der Waals surface area (Å²) in [6.45, 7) is 13.8. The van der Waals surface area contributed by atoms with E-state index in [1.54, 1.807) is 13.8 Å². The minimum Gasteiger partial charge on any atom is -0.409 e. The highest BCUT2D eigenvalue weighted by atomic mass is 28.4. The standard InChI is InChI=1S/C17H34O7Si/c1-16(2,3)25(6,7)24-12(10(19)8-9-18)13-11(20)14-15(21-13)23-17(4,5)22-14/h10-15,18-20H,8-9H2,1-7H3/t10-,11+,12+,13+,14-,15-/m1/s1. The van der Waals surface area contributed by atoms with Crippen LogP contribution < -0.4 is 0 Å².